The molecule has 152 valence electrons. The van der Waals surface area contributed by atoms with Crippen LogP contribution in [0.15, 0.2) is 0 Å². The normalized spacial score (nSPS) is 47.8. The van der Waals surface area contributed by atoms with Crippen molar-refractivity contribution in [2.45, 2.75) is 95.5 Å². The Hall–Kier alpha value is -0.650. The first-order valence-electron chi connectivity index (χ1n) is 11.3. The average molecular weight is 379 g/mol. The highest BCUT2D eigenvalue weighted by atomic mass is 17.3. The van der Waals surface area contributed by atoms with E-state index in [1.807, 2.05) is 6.92 Å². The highest BCUT2D eigenvalue weighted by Crippen LogP contribution is 2.63. The molecule has 2 spiro atoms. The van der Waals surface area contributed by atoms with E-state index in [1.165, 1.54) is 32.1 Å². The summed E-state index contributed by atoms with van der Waals surface area (Å²) < 4.78 is 11.8. The van der Waals surface area contributed by atoms with Gasteiger partial charge in [0.05, 0.1) is 6.61 Å². The molecule has 4 bridgehead atoms. The SMILES string of the molecule is CCOC(=O)CCCC1CCC2(CC1)OOC1(O2)C2CC3CC(C2)CC1C3. The minimum Gasteiger partial charge on any atom is -0.466 e. The van der Waals surface area contributed by atoms with Gasteiger partial charge in [0.15, 0.2) is 0 Å². The third-order valence-corrected chi connectivity index (χ3v) is 8.11. The molecule has 6 aliphatic rings. The summed E-state index contributed by atoms with van der Waals surface area (Å²) >= 11 is 0. The van der Waals surface area contributed by atoms with Gasteiger partial charge in [0.2, 0.25) is 11.6 Å². The van der Waals surface area contributed by atoms with Crippen LogP contribution < -0.4 is 0 Å². The lowest BCUT2D eigenvalue weighted by molar-refractivity contribution is -0.390. The Labute approximate surface area is 162 Å². The first kappa shape index (κ1) is 18.4. The summed E-state index contributed by atoms with van der Waals surface area (Å²) in [4.78, 5) is 23.6. The van der Waals surface area contributed by atoms with E-state index >= 15 is 0 Å². The van der Waals surface area contributed by atoms with Crippen molar-refractivity contribution in [3.05, 3.63) is 0 Å². The minimum atomic E-state index is -0.507. The molecule has 0 aromatic heterocycles. The summed E-state index contributed by atoms with van der Waals surface area (Å²) in [5.41, 5.74) is 0. The van der Waals surface area contributed by atoms with Crippen LogP contribution in [-0.4, -0.2) is 24.2 Å². The molecule has 0 atom stereocenters. The van der Waals surface area contributed by atoms with Crippen LogP contribution in [0.1, 0.15) is 84.0 Å². The van der Waals surface area contributed by atoms with Gasteiger partial charge in [0.1, 0.15) is 0 Å². The van der Waals surface area contributed by atoms with Crippen LogP contribution in [0, 0.1) is 29.6 Å². The topological polar surface area (TPSA) is 54.0 Å². The van der Waals surface area contributed by atoms with Crippen molar-refractivity contribution >= 4 is 5.97 Å². The van der Waals surface area contributed by atoms with Crippen LogP contribution in [0.3, 0.4) is 0 Å². The molecule has 6 rings (SSSR count). The minimum absolute atomic E-state index is 0.0653. The Morgan fingerprint density at radius 2 is 1.67 bits per heavy atom. The van der Waals surface area contributed by atoms with Crippen LogP contribution in [0.2, 0.25) is 0 Å². The number of ether oxygens (including phenoxy) is 2. The summed E-state index contributed by atoms with van der Waals surface area (Å²) in [5, 5.41) is 0. The van der Waals surface area contributed by atoms with Gasteiger partial charge in [-0.3, -0.25) is 4.79 Å². The zero-order valence-electron chi connectivity index (χ0n) is 16.6. The van der Waals surface area contributed by atoms with Crippen molar-refractivity contribution in [3.8, 4) is 0 Å². The molecule has 5 nitrogen and oxygen atoms in total. The fourth-order valence-electron chi connectivity index (χ4n) is 6.97. The first-order chi connectivity index (χ1) is 13.1. The molecule has 5 heteroatoms. The van der Waals surface area contributed by atoms with Gasteiger partial charge < -0.3 is 9.47 Å². The zero-order chi connectivity index (χ0) is 18.5. The van der Waals surface area contributed by atoms with E-state index in [0.29, 0.717) is 30.8 Å². The van der Waals surface area contributed by atoms with Gasteiger partial charge in [-0.1, -0.05) is 0 Å². The smallest absolute Gasteiger partial charge is 0.305 e. The molecule has 1 heterocycles. The molecule has 1 saturated heterocycles. The van der Waals surface area contributed by atoms with Gasteiger partial charge >= 0.3 is 5.97 Å². The van der Waals surface area contributed by atoms with Crippen LogP contribution in [-0.2, 0) is 24.0 Å². The maximum absolute atomic E-state index is 11.5. The van der Waals surface area contributed by atoms with E-state index < -0.39 is 11.6 Å². The van der Waals surface area contributed by atoms with Gasteiger partial charge in [-0.25, -0.2) is 0 Å². The van der Waals surface area contributed by atoms with Crippen molar-refractivity contribution in [1.82, 2.24) is 0 Å². The van der Waals surface area contributed by atoms with Crippen molar-refractivity contribution < 1.29 is 24.0 Å². The maximum Gasteiger partial charge on any atom is 0.305 e. The number of rotatable bonds is 5. The monoisotopic (exact) mass is 378 g/mol. The van der Waals surface area contributed by atoms with E-state index in [1.54, 1.807) is 0 Å². The molecule has 6 fully saturated rings. The molecule has 0 aromatic carbocycles. The largest absolute Gasteiger partial charge is 0.466 e. The Morgan fingerprint density at radius 1 is 1.00 bits per heavy atom. The Balaban J connectivity index is 1.14. The van der Waals surface area contributed by atoms with E-state index in [9.17, 15) is 4.79 Å². The highest BCUT2D eigenvalue weighted by molar-refractivity contribution is 5.69. The summed E-state index contributed by atoms with van der Waals surface area (Å²) in [6.45, 7) is 2.34. The highest BCUT2D eigenvalue weighted by Gasteiger charge is 2.66. The van der Waals surface area contributed by atoms with E-state index in [0.717, 1.165) is 50.4 Å². The van der Waals surface area contributed by atoms with Gasteiger partial charge in [-0.2, -0.15) is 9.78 Å². The molecule has 0 N–H and O–H groups in total. The lowest BCUT2D eigenvalue weighted by atomic mass is 9.53. The molecule has 0 amide bonds. The quantitative estimate of drug-likeness (QED) is 0.511. The van der Waals surface area contributed by atoms with Crippen LogP contribution in [0.4, 0.5) is 0 Å². The average Bonchev–Trinajstić information content (AvgIpc) is 3.02. The second-order valence-corrected chi connectivity index (χ2v) is 9.85. The predicted molar refractivity (Wildman–Crippen MR) is 98.2 cm³/mol. The van der Waals surface area contributed by atoms with Gasteiger partial charge in [0, 0.05) is 31.1 Å². The fourth-order valence-corrected chi connectivity index (χ4v) is 6.97. The summed E-state index contributed by atoms with van der Waals surface area (Å²) in [6, 6.07) is 0. The molecule has 1 aliphatic heterocycles. The van der Waals surface area contributed by atoms with E-state index in [4.69, 9.17) is 19.2 Å². The number of carbonyl (C=O) groups is 1. The number of esters is 1. The molecule has 5 saturated carbocycles. The third-order valence-electron chi connectivity index (χ3n) is 8.11. The van der Waals surface area contributed by atoms with Gasteiger partial charge in [0.25, 0.3) is 0 Å². The Morgan fingerprint density at radius 3 is 2.30 bits per heavy atom. The second-order valence-electron chi connectivity index (χ2n) is 9.85. The molecular formula is C22H34O5. The molecule has 5 aliphatic carbocycles. The molecule has 0 unspecified atom stereocenters. The van der Waals surface area contributed by atoms with Crippen molar-refractivity contribution in [2.75, 3.05) is 6.61 Å². The summed E-state index contributed by atoms with van der Waals surface area (Å²) in [6.07, 6.45) is 13.1. The zero-order valence-corrected chi connectivity index (χ0v) is 16.6. The second kappa shape index (κ2) is 7.00. The third kappa shape index (κ3) is 3.24. The van der Waals surface area contributed by atoms with Gasteiger partial charge in [-0.15, -0.1) is 0 Å². The van der Waals surface area contributed by atoms with Crippen molar-refractivity contribution in [1.29, 1.82) is 0 Å². The maximum atomic E-state index is 11.5. The van der Waals surface area contributed by atoms with Crippen LogP contribution >= 0.6 is 0 Å². The van der Waals surface area contributed by atoms with Crippen LogP contribution in [0.25, 0.3) is 0 Å². The first-order valence-corrected chi connectivity index (χ1v) is 11.3. The number of carbonyl (C=O) groups excluding carboxylic acids is 1. The van der Waals surface area contributed by atoms with Crippen LogP contribution in [0.5, 0.6) is 0 Å². The number of hydrogen-bond acceptors (Lipinski definition) is 5. The van der Waals surface area contributed by atoms with E-state index in [-0.39, 0.29) is 5.97 Å². The Kier molecular flexibility index (Phi) is 4.76. The molecule has 27 heavy (non-hydrogen) atoms. The summed E-state index contributed by atoms with van der Waals surface area (Å²) in [7, 11) is 0. The van der Waals surface area contributed by atoms with Crippen molar-refractivity contribution in [2.24, 2.45) is 29.6 Å². The molecule has 0 aromatic rings. The van der Waals surface area contributed by atoms with E-state index in [2.05, 4.69) is 0 Å². The lowest BCUT2D eigenvalue weighted by Crippen LogP contribution is -2.59. The molecule has 0 radical (unpaired) electrons. The molecular weight excluding hydrogens is 344 g/mol. The fraction of sp³-hybridized carbons (Fsp3) is 0.955. The standard InChI is InChI=1S/C22H34O5/c1-2-24-20(23)5-3-4-15-6-8-21(9-7-15)25-22(27-26-21)18-11-16-10-17(13-18)14-19(22)12-16/h15-19H,2-14H2,1H3. The predicted octanol–water partition coefficient (Wildman–Crippen LogP) is 4.74. The Bertz CT molecular complexity index is 537. The van der Waals surface area contributed by atoms with Crippen molar-refractivity contribution in [3.63, 3.8) is 0 Å². The lowest BCUT2D eigenvalue weighted by Gasteiger charge is -2.57. The summed E-state index contributed by atoms with van der Waals surface area (Å²) in [5.74, 6) is 2.52. The number of hydrogen-bond donors (Lipinski definition) is 0. The van der Waals surface area contributed by atoms with Gasteiger partial charge in [-0.05, 0) is 82.5 Å².